The Kier molecular flexibility index (Phi) is 6.05. The Morgan fingerprint density at radius 3 is 2.64 bits per heavy atom. The van der Waals surface area contributed by atoms with Gasteiger partial charge in [0.2, 0.25) is 0 Å². The molecular formula is C15H19N3O4. The predicted molar refractivity (Wildman–Crippen MR) is 83.2 cm³/mol. The smallest absolute Gasteiger partial charge is 0.269 e. The van der Waals surface area contributed by atoms with Crippen LogP contribution >= 0.6 is 0 Å². The molecule has 0 atom stereocenters. The van der Waals surface area contributed by atoms with Crippen molar-refractivity contribution in [2.24, 2.45) is 5.16 Å². The number of nitrogens with zero attached hydrogens (tertiary/aromatic N) is 3. The zero-order chi connectivity index (χ0) is 15.8. The molecular weight excluding hydrogens is 286 g/mol. The second-order valence-corrected chi connectivity index (χ2v) is 4.98. The maximum absolute atomic E-state index is 10.6. The van der Waals surface area contributed by atoms with Gasteiger partial charge in [0.25, 0.3) is 5.69 Å². The lowest BCUT2D eigenvalue weighted by molar-refractivity contribution is -0.384. The Labute approximate surface area is 128 Å². The van der Waals surface area contributed by atoms with Gasteiger partial charge in [-0.25, -0.2) is 0 Å². The molecule has 7 heteroatoms. The largest absolute Gasteiger partial charge is 0.411 e. The minimum atomic E-state index is -0.434. The third-order valence-electron chi connectivity index (χ3n) is 3.49. The van der Waals surface area contributed by atoms with Gasteiger partial charge in [0.1, 0.15) is 0 Å². The molecule has 1 N–H and O–H groups in total. The van der Waals surface area contributed by atoms with Crippen molar-refractivity contribution in [1.82, 2.24) is 4.90 Å². The molecule has 118 valence electrons. The minimum absolute atomic E-state index is 0.0560. The number of hydrogen-bond donors (Lipinski definition) is 1. The molecule has 0 aliphatic carbocycles. The summed E-state index contributed by atoms with van der Waals surface area (Å²) in [7, 11) is 0. The van der Waals surface area contributed by atoms with E-state index in [1.807, 2.05) is 0 Å². The Morgan fingerprint density at radius 1 is 1.36 bits per heavy atom. The summed E-state index contributed by atoms with van der Waals surface area (Å²) in [6.45, 7) is 4.08. The molecule has 2 rings (SSSR count). The number of nitro benzene ring substituents is 1. The van der Waals surface area contributed by atoms with E-state index in [4.69, 9.17) is 9.94 Å². The summed E-state index contributed by atoms with van der Waals surface area (Å²) in [6, 6.07) is 6.21. The topological polar surface area (TPSA) is 88.2 Å². The van der Waals surface area contributed by atoms with E-state index in [1.165, 1.54) is 12.1 Å². The van der Waals surface area contributed by atoms with Gasteiger partial charge in [-0.15, -0.1) is 0 Å². The van der Waals surface area contributed by atoms with Crippen molar-refractivity contribution in [3.63, 3.8) is 0 Å². The number of ether oxygens (including phenoxy) is 1. The summed E-state index contributed by atoms with van der Waals surface area (Å²) in [6.07, 6.45) is 4.14. The number of benzene rings is 1. The van der Waals surface area contributed by atoms with E-state index in [1.54, 1.807) is 24.3 Å². The molecule has 1 aliphatic rings. The molecule has 1 aromatic carbocycles. The zero-order valence-corrected chi connectivity index (χ0v) is 12.2. The highest BCUT2D eigenvalue weighted by molar-refractivity contribution is 5.97. The van der Waals surface area contributed by atoms with Crippen LogP contribution in [-0.4, -0.2) is 53.6 Å². The van der Waals surface area contributed by atoms with Crippen LogP contribution in [0.1, 0.15) is 12.0 Å². The predicted octanol–water partition coefficient (Wildman–Crippen LogP) is 2.16. The van der Waals surface area contributed by atoms with E-state index in [-0.39, 0.29) is 5.69 Å². The number of morpholine rings is 1. The highest BCUT2D eigenvalue weighted by Gasteiger charge is 2.10. The van der Waals surface area contributed by atoms with Crippen molar-refractivity contribution < 1.29 is 14.9 Å². The van der Waals surface area contributed by atoms with Crippen molar-refractivity contribution >= 4 is 17.5 Å². The maximum Gasteiger partial charge on any atom is 0.269 e. The van der Waals surface area contributed by atoms with Gasteiger partial charge < -0.3 is 9.94 Å². The number of oxime groups is 1. The fourth-order valence-electron chi connectivity index (χ4n) is 2.16. The number of hydrogen-bond acceptors (Lipinski definition) is 6. The van der Waals surface area contributed by atoms with Gasteiger partial charge >= 0.3 is 0 Å². The molecule has 22 heavy (non-hydrogen) atoms. The fourth-order valence-corrected chi connectivity index (χ4v) is 2.16. The molecule has 0 radical (unpaired) electrons. The van der Waals surface area contributed by atoms with E-state index >= 15 is 0 Å². The van der Waals surface area contributed by atoms with Gasteiger partial charge in [0.15, 0.2) is 0 Å². The molecule has 0 aromatic heterocycles. The lowest BCUT2D eigenvalue weighted by Gasteiger charge is -2.26. The van der Waals surface area contributed by atoms with Gasteiger partial charge in [-0.1, -0.05) is 11.2 Å². The monoisotopic (exact) mass is 305 g/mol. The first-order chi connectivity index (χ1) is 10.7. The first-order valence-corrected chi connectivity index (χ1v) is 7.12. The standard InChI is InChI=1S/C15H19N3O4/c19-16-14(7-8-17-9-11-22-12-10-17)4-1-13-2-5-15(6-3-13)18(20)21/h1-6,19H,7-12H2/b4-1+,16-14+. The Bertz CT molecular complexity index is 548. The average molecular weight is 305 g/mol. The van der Waals surface area contributed by atoms with Crippen molar-refractivity contribution in [3.05, 3.63) is 46.0 Å². The van der Waals surface area contributed by atoms with Crippen LogP contribution in [0, 0.1) is 10.1 Å². The Morgan fingerprint density at radius 2 is 2.05 bits per heavy atom. The number of nitro groups is 1. The highest BCUT2D eigenvalue weighted by Crippen LogP contribution is 2.13. The van der Waals surface area contributed by atoms with Gasteiger partial charge in [-0.2, -0.15) is 0 Å². The molecule has 0 saturated carbocycles. The van der Waals surface area contributed by atoms with Crippen LogP contribution in [0.2, 0.25) is 0 Å². The van der Waals surface area contributed by atoms with E-state index in [0.717, 1.165) is 38.4 Å². The van der Waals surface area contributed by atoms with E-state index in [9.17, 15) is 10.1 Å². The first-order valence-electron chi connectivity index (χ1n) is 7.12. The summed E-state index contributed by atoms with van der Waals surface area (Å²) in [5.74, 6) is 0. The van der Waals surface area contributed by atoms with Gasteiger partial charge in [-0.3, -0.25) is 15.0 Å². The van der Waals surface area contributed by atoms with E-state index in [2.05, 4.69) is 10.1 Å². The van der Waals surface area contributed by atoms with Crippen LogP contribution in [0.25, 0.3) is 6.08 Å². The molecule has 1 heterocycles. The molecule has 1 aliphatic heterocycles. The summed E-state index contributed by atoms with van der Waals surface area (Å²) in [5, 5.41) is 22.9. The molecule has 1 fully saturated rings. The van der Waals surface area contributed by atoms with E-state index in [0.29, 0.717) is 12.1 Å². The molecule has 0 spiro atoms. The zero-order valence-electron chi connectivity index (χ0n) is 12.2. The Balaban J connectivity index is 1.87. The third kappa shape index (κ3) is 4.94. The minimum Gasteiger partial charge on any atom is -0.411 e. The number of non-ortho nitro benzene ring substituents is 1. The number of rotatable bonds is 6. The van der Waals surface area contributed by atoms with Crippen LogP contribution in [0.15, 0.2) is 35.5 Å². The number of allylic oxidation sites excluding steroid dienone is 1. The molecule has 7 nitrogen and oxygen atoms in total. The molecule has 0 amide bonds. The molecule has 0 unspecified atom stereocenters. The quantitative estimate of drug-likeness (QED) is 0.376. The van der Waals surface area contributed by atoms with Gasteiger partial charge in [0.05, 0.1) is 23.8 Å². The van der Waals surface area contributed by atoms with Crippen molar-refractivity contribution in [2.45, 2.75) is 6.42 Å². The summed E-state index contributed by atoms with van der Waals surface area (Å²) < 4.78 is 5.28. The van der Waals surface area contributed by atoms with Crippen molar-refractivity contribution in [2.75, 3.05) is 32.8 Å². The van der Waals surface area contributed by atoms with Gasteiger partial charge in [0, 0.05) is 38.2 Å². The first kappa shape index (κ1) is 16.1. The molecule has 0 bridgehead atoms. The molecule has 1 saturated heterocycles. The van der Waals surface area contributed by atoms with Crippen LogP contribution in [0.5, 0.6) is 0 Å². The van der Waals surface area contributed by atoms with Crippen LogP contribution < -0.4 is 0 Å². The van der Waals surface area contributed by atoms with Crippen molar-refractivity contribution in [3.8, 4) is 0 Å². The van der Waals surface area contributed by atoms with Crippen molar-refractivity contribution in [1.29, 1.82) is 0 Å². The summed E-state index contributed by atoms with van der Waals surface area (Å²) >= 11 is 0. The second-order valence-electron chi connectivity index (χ2n) is 4.98. The summed E-state index contributed by atoms with van der Waals surface area (Å²) in [5.41, 5.74) is 1.45. The van der Waals surface area contributed by atoms with Gasteiger partial charge in [-0.05, 0) is 23.8 Å². The highest BCUT2D eigenvalue weighted by atomic mass is 16.6. The third-order valence-corrected chi connectivity index (χ3v) is 3.49. The van der Waals surface area contributed by atoms with Crippen LogP contribution in [0.3, 0.4) is 0 Å². The van der Waals surface area contributed by atoms with Crippen LogP contribution in [-0.2, 0) is 4.74 Å². The van der Waals surface area contributed by atoms with E-state index < -0.39 is 4.92 Å². The lowest BCUT2D eigenvalue weighted by Crippen LogP contribution is -2.37. The summed E-state index contributed by atoms with van der Waals surface area (Å²) in [4.78, 5) is 12.4. The van der Waals surface area contributed by atoms with Crippen LogP contribution in [0.4, 0.5) is 5.69 Å². The average Bonchev–Trinajstić information content (AvgIpc) is 2.56. The normalized spacial score (nSPS) is 17.0. The SMILES string of the molecule is O=[N+]([O-])c1ccc(/C=C/C(CCN2CCOCC2)=N\O)cc1. The molecule has 1 aromatic rings. The fraction of sp³-hybridized carbons (Fsp3) is 0.400. The maximum atomic E-state index is 10.6. The Hall–Kier alpha value is -2.25. The second kappa shape index (κ2) is 8.26. The lowest BCUT2D eigenvalue weighted by atomic mass is 10.1.